The summed E-state index contributed by atoms with van der Waals surface area (Å²) in [6, 6.07) is 0. The summed E-state index contributed by atoms with van der Waals surface area (Å²) in [5.74, 6) is 2.26. The Bertz CT molecular complexity index is 749. The Hall–Kier alpha value is -1.31. The molecule has 0 aliphatic heterocycles. The van der Waals surface area contributed by atoms with Crippen molar-refractivity contribution in [1.82, 2.24) is 0 Å². The predicted molar refractivity (Wildman–Crippen MR) is 135 cm³/mol. The molecule has 3 saturated carbocycles. The van der Waals surface area contributed by atoms with Gasteiger partial charge in [-0.2, -0.15) is 0 Å². The van der Waals surface area contributed by atoms with Crippen molar-refractivity contribution in [2.75, 3.05) is 0 Å². The second-order valence-corrected chi connectivity index (χ2v) is 12.5. The SMILES string of the molecule is C=C1CC[C@H](OC(C)=O)C/C1=C/C=C1\CCC[C@@]2(C)C1CC[C@@H]2[C@@H](C)CCCC(C)(C)C. The molecular weight excluding hydrogens is 392 g/mol. The van der Waals surface area contributed by atoms with E-state index in [9.17, 15) is 4.79 Å². The second kappa shape index (κ2) is 10.3. The Morgan fingerprint density at radius 3 is 2.66 bits per heavy atom. The van der Waals surface area contributed by atoms with Gasteiger partial charge in [0.15, 0.2) is 0 Å². The molecule has 0 heterocycles. The van der Waals surface area contributed by atoms with E-state index >= 15 is 0 Å². The third-order valence-electron chi connectivity index (χ3n) is 8.81. The minimum Gasteiger partial charge on any atom is -0.462 e. The molecule has 3 aliphatic rings. The van der Waals surface area contributed by atoms with Gasteiger partial charge in [0.2, 0.25) is 0 Å². The van der Waals surface area contributed by atoms with Crippen LogP contribution >= 0.6 is 0 Å². The summed E-state index contributed by atoms with van der Waals surface area (Å²) >= 11 is 0. The molecule has 3 rings (SSSR count). The molecule has 5 atom stereocenters. The van der Waals surface area contributed by atoms with Crippen LogP contribution < -0.4 is 0 Å². The molecule has 3 aliphatic carbocycles. The maximum Gasteiger partial charge on any atom is 0.302 e. The van der Waals surface area contributed by atoms with Crippen LogP contribution in [-0.2, 0) is 9.53 Å². The van der Waals surface area contributed by atoms with Crippen molar-refractivity contribution in [3.63, 3.8) is 0 Å². The molecule has 0 bridgehead atoms. The lowest BCUT2D eigenvalue weighted by atomic mass is 9.60. The molecule has 0 saturated heterocycles. The lowest BCUT2D eigenvalue weighted by molar-refractivity contribution is -0.146. The van der Waals surface area contributed by atoms with Gasteiger partial charge in [0.1, 0.15) is 6.10 Å². The molecule has 1 unspecified atom stereocenters. The molecule has 2 heteroatoms. The zero-order valence-electron chi connectivity index (χ0n) is 21.8. The van der Waals surface area contributed by atoms with Crippen molar-refractivity contribution >= 4 is 5.97 Å². The van der Waals surface area contributed by atoms with Gasteiger partial charge in [0.25, 0.3) is 0 Å². The number of fused-ring (bicyclic) bond motifs is 1. The molecule has 0 amide bonds. The minimum absolute atomic E-state index is 0.0177. The van der Waals surface area contributed by atoms with Crippen molar-refractivity contribution in [2.45, 2.75) is 118 Å². The third kappa shape index (κ3) is 6.17. The van der Waals surface area contributed by atoms with Crippen LogP contribution in [0.25, 0.3) is 0 Å². The maximum absolute atomic E-state index is 11.4. The van der Waals surface area contributed by atoms with E-state index in [4.69, 9.17) is 4.74 Å². The van der Waals surface area contributed by atoms with Gasteiger partial charge in [-0.1, -0.05) is 77.3 Å². The van der Waals surface area contributed by atoms with Crippen LogP contribution in [0, 0.1) is 28.6 Å². The van der Waals surface area contributed by atoms with Crippen LogP contribution in [0.1, 0.15) is 112 Å². The van der Waals surface area contributed by atoms with E-state index < -0.39 is 0 Å². The molecule has 0 aromatic heterocycles. The van der Waals surface area contributed by atoms with Gasteiger partial charge in [-0.25, -0.2) is 0 Å². The molecule has 0 N–H and O–H groups in total. The Morgan fingerprint density at radius 2 is 1.97 bits per heavy atom. The topological polar surface area (TPSA) is 26.3 Å². The van der Waals surface area contributed by atoms with E-state index in [1.165, 1.54) is 69.4 Å². The lowest BCUT2D eigenvalue weighted by Gasteiger charge is -2.44. The number of hydrogen-bond acceptors (Lipinski definition) is 2. The minimum atomic E-state index is -0.170. The number of allylic oxidation sites excluding steroid dienone is 4. The third-order valence-corrected chi connectivity index (χ3v) is 8.81. The van der Waals surface area contributed by atoms with Gasteiger partial charge in [-0.15, -0.1) is 0 Å². The largest absolute Gasteiger partial charge is 0.462 e. The van der Waals surface area contributed by atoms with E-state index in [1.807, 2.05) is 0 Å². The Balaban J connectivity index is 1.68. The zero-order chi connectivity index (χ0) is 23.5. The van der Waals surface area contributed by atoms with Crippen molar-refractivity contribution < 1.29 is 9.53 Å². The fraction of sp³-hybridized carbons (Fsp3) is 0.767. The van der Waals surface area contributed by atoms with Crippen LogP contribution in [0.15, 0.2) is 35.5 Å². The zero-order valence-corrected chi connectivity index (χ0v) is 21.8. The summed E-state index contributed by atoms with van der Waals surface area (Å²) in [7, 11) is 0. The van der Waals surface area contributed by atoms with Gasteiger partial charge in [-0.05, 0) is 85.5 Å². The summed E-state index contributed by atoms with van der Waals surface area (Å²) in [6.07, 6.45) is 18.2. The molecule has 3 fully saturated rings. The van der Waals surface area contributed by atoms with E-state index in [2.05, 4.69) is 53.3 Å². The van der Waals surface area contributed by atoms with E-state index in [-0.39, 0.29) is 12.1 Å². The number of ether oxygens (including phenoxy) is 1. The number of esters is 1. The van der Waals surface area contributed by atoms with Crippen molar-refractivity contribution in [2.24, 2.45) is 28.6 Å². The molecule has 32 heavy (non-hydrogen) atoms. The van der Waals surface area contributed by atoms with Crippen LogP contribution in [0.4, 0.5) is 0 Å². The van der Waals surface area contributed by atoms with Crippen molar-refractivity contribution in [3.05, 3.63) is 35.5 Å². The van der Waals surface area contributed by atoms with Gasteiger partial charge < -0.3 is 4.74 Å². The first kappa shape index (κ1) is 25.3. The lowest BCUT2D eigenvalue weighted by Crippen LogP contribution is -2.36. The Labute approximate surface area is 198 Å². The number of carbonyl (C=O) groups excluding carboxylic acids is 1. The van der Waals surface area contributed by atoms with E-state index in [0.29, 0.717) is 10.8 Å². The van der Waals surface area contributed by atoms with Gasteiger partial charge in [-0.3, -0.25) is 4.79 Å². The highest BCUT2D eigenvalue weighted by molar-refractivity contribution is 5.66. The summed E-state index contributed by atoms with van der Waals surface area (Å²) in [4.78, 5) is 11.4. The fourth-order valence-corrected chi connectivity index (χ4v) is 7.09. The van der Waals surface area contributed by atoms with Crippen LogP contribution in [0.3, 0.4) is 0 Å². The molecule has 0 spiro atoms. The fourth-order valence-electron chi connectivity index (χ4n) is 7.09. The monoisotopic (exact) mass is 440 g/mol. The highest BCUT2D eigenvalue weighted by Gasteiger charge is 2.50. The molecule has 180 valence electrons. The first-order valence-corrected chi connectivity index (χ1v) is 13.2. The van der Waals surface area contributed by atoms with Gasteiger partial charge in [0.05, 0.1) is 0 Å². The number of hydrogen-bond donors (Lipinski definition) is 0. The van der Waals surface area contributed by atoms with Crippen LogP contribution in [-0.4, -0.2) is 12.1 Å². The summed E-state index contributed by atoms with van der Waals surface area (Å²) in [5, 5.41) is 0. The first-order valence-electron chi connectivity index (χ1n) is 13.2. The summed E-state index contributed by atoms with van der Waals surface area (Å²) in [6.45, 7) is 18.0. The van der Waals surface area contributed by atoms with E-state index in [1.54, 1.807) is 5.57 Å². The Morgan fingerprint density at radius 1 is 1.22 bits per heavy atom. The molecule has 0 aromatic rings. The van der Waals surface area contributed by atoms with Gasteiger partial charge in [0, 0.05) is 13.3 Å². The smallest absolute Gasteiger partial charge is 0.302 e. The van der Waals surface area contributed by atoms with Crippen molar-refractivity contribution in [3.8, 4) is 0 Å². The maximum atomic E-state index is 11.4. The highest BCUT2D eigenvalue weighted by Crippen LogP contribution is 2.60. The normalized spacial score (nSPS) is 34.6. The van der Waals surface area contributed by atoms with Crippen LogP contribution in [0.2, 0.25) is 0 Å². The van der Waals surface area contributed by atoms with E-state index in [0.717, 1.165) is 37.0 Å². The Kier molecular flexibility index (Phi) is 8.16. The predicted octanol–water partition coefficient (Wildman–Crippen LogP) is 8.58. The number of rotatable bonds is 6. The molecule has 0 aromatic carbocycles. The van der Waals surface area contributed by atoms with Gasteiger partial charge >= 0.3 is 5.97 Å². The summed E-state index contributed by atoms with van der Waals surface area (Å²) < 4.78 is 5.50. The number of carbonyl (C=O) groups is 1. The molecule has 0 radical (unpaired) electrons. The second-order valence-electron chi connectivity index (χ2n) is 12.5. The van der Waals surface area contributed by atoms with Crippen molar-refractivity contribution in [1.29, 1.82) is 0 Å². The van der Waals surface area contributed by atoms with Crippen LogP contribution in [0.5, 0.6) is 0 Å². The molecular formula is C30H48O2. The average Bonchev–Trinajstić information content (AvgIpc) is 3.04. The summed E-state index contributed by atoms with van der Waals surface area (Å²) in [5.41, 5.74) is 5.09. The first-order chi connectivity index (χ1) is 15.0. The molecule has 2 nitrogen and oxygen atoms in total. The highest BCUT2D eigenvalue weighted by atomic mass is 16.5. The average molecular weight is 441 g/mol. The quantitative estimate of drug-likeness (QED) is 0.387. The standard InChI is InChI=1S/C30H48O2/c1-21-12-15-26(32-23(3)31)20-25(21)14-13-24-11-9-19-30(7)27(16-17-28(24)30)22(2)10-8-18-29(4,5)6/h13-14,22,26-28H,1,8-12,15-20H2,2-7H3/b24-13+,25-14-/t22-,26-,27+,28?,30+/m0/s1.